The van der Waals surface area contributed by atoms with Crippen molar-refractivity contribution < 1.29 is 18.3 Å². The minimum absolute atomic E-state index is 0.315. The highest BCUT2D eigenvalue weighted by Crippen LogP contribution is 2.41. The molecule has 4 nitrogen and oxygen atoms in total. The van der Waals surface area contributed by atoms with Crippen LogP contribution in [0, 0.1) is 12.7 Å². The average molecular weight is 464 g/mol. The molecule has 168 valence electrons. The van der Waals surface area contributed by atoms with E-state index in [2.05, 4.69) is 5.32 Å². The SMILES string of the molecule is CCOc1c(/C(C)=C/C(=O)Nc2ccc(F)cc2)cc2c(-c3ccc(Cl)cc3)coc2c1C. The lowest BCUT2D eigenvalue weighted by atomic mass is 9.96. The predicted molar refractivity (Wildman–Crippen MR) is 131 cm³/mol. The van der Waals surface area contributed by atoms with Crippen LogP contribution in [0.15, 0.2) is 71.4 Å². The highest BCUT2D eigenvalue weighted by Gasteiger charge is 2.19. The molecule has 0 radical (unpaired) electrons. The third-order valence-corrected chi connectivity index (χ3v) is 5.62. The third-order valence-electron chi connectivity index (χ3n) is 5.37. The Morgan fingerprint density at radius 1 is 1.15 bits per heavy atom. The van der Waals surface area contributed by atoms with Gasteiger partial charge in [0.05, 0.1) is 12.9 Å². The summed E-state index contributed by atoms with van der Waals surface area (Å²) in [7, 11) is 0. The van der Waals surface area contributed by atoms with E-state index in [-0.39, 0.29) is 11.7 Å². The van der Waals surface area contributed by atoms with Crippen molar-refractivity contribution in [3.63, 3.8) is 0 Å². The maximum atomic E-state index is 13.1. The van der Waals surface area contributed by atoms with Crippen LogP contribution in [0.3, 0.4) is 0 Å². The standard InChI is InChI=1S/C27H23ClFNO3/c1-4-32-26-17(3)27-23(24(15-33-27)18-5-7-19(28)8-6-18)14-22(26)16(2)13-25(31)30-21-11-9-20(29)10-12-21/h5-15H,4H2,1-3H3,(H,30,31)/b16-13+. The van der Waals surface area contributed by atoms with Gasteiger partial charge in [0.2, 0.25) is 5.91 Å². The van der Waals surface area contributed by atoms with Gasteiger partial charge in [0, 0.05) is 38.9 Å². The molecule has 0 atom stereocenters. The van der Waals surface area contributed by atoms with Gasteiger partial charge in [-0.1, -0.05) is 23.7 Å². The number of fused-ring (bicyclic) bond motifs is 1. The molecule has 0 bridgehead atoms. The second-order valence-electron chi connectivity index (χ2n) is 7.67. The van der Waals surface area contributed by atoms with Crippen LogP contribution in [-0.4, -0.2) is 12.5 Å². The maximum Gasteiger partial charge on any atom is 0.248 e. The second-order valence-corrected chi connectivity index (χ2v) is 8.10. The molecule has 4 aromatic rings. The molecule has 0 aliphatic carbocycles. The Labute approximate surface area is 196 Å². The van der Waals surface area contributed by atoms with Crippen molar-refractivity contribution in [2.75, 3.05) is 11.9 Å². The van der Waals surface area contributed by atoms with Crippen molar-refractivity contribution in [3.05, 3.63) is 88.9 Å². The number of carbonyl (C=O) groups excluding carboxylic acids is 1. The zero-order valence-electron chi connectivity index (χ0n) is 18.5. The van der Waals surface area contributed by atoms with E-state index in [9.17, 15) is 9.18 Å². The van der Waals surface area contributed by atoms with E-state index in [1.54, 1.807) is 6.26 Å². The molecule has 4 rings (SSSR count). The monoisotopic (exact) mass is 463 g/mol. The largest absolute Gasteiger partial charge is 0.493 e. The minimum atomic E-state index is -0.360. The fourth-order valence-electron chi connectivity index (χ4n) is 3.78. The zero-order valence-corrected chi connectivity index (χ0v) is 19.3. The maximum absolute atomic E-state index is 13.1. The van der Waals surface area contributed by atoms with E-state index in [1.807, 2.05) is 51.1 Å². The topological polar surface area (TPSA) is 51.5 Å². The van der Waals surface area contributed by atoms with Gasteiger partial charge in [0.1, 0.15) is 17.1 Å². The van der Waals surface area contributed by atoms with Crippen molar-refractivity contribution in [1.29, 1.82) is 0 Å². The van der Waals surface area contributed by atoms with Crippen LogP contribution in [0.1, 0.15) is 25.0 Å². The molecule has 1 amide bonds. The number of aryl methyl sites for hydroxylation is 1. The fraction of sp³-hybridized carbons (Fsp3) is 0.148. The van der Waals surface area contributed by atoms with Gasteiger partial charge in [-0.2, -0.15) is 0 Å². The smallest absolute Gasteiger partial charge is 0.248 e. The van der Waals surface area contributed by atoms with E-state index in [1.165, 1.54) is 30.3 Å². The van der Waals surface area contributed by atoms with Crippen molar-refractivity contribution >= 4 is 39.7 Å². The minimum Gasteiger partial charge on any atom is -0.493 e. The van der Waals surface area contributed by atoms with Crippen molar-refractivity contribution in [1.82, 2.24) is 0 Å². The Kier molecular flexibility index (Phi) is 6.52. The van der Waals surface area contributed by atoms with E-state index < -0.39 is 0 Å². The summed E-state index contributed by atoms with van der Waals surface area (Å²) in [5.41, 5.74) is 5.54. The van der Waals surface area contributed by atoms with Gasteiger partial charge < -0.3 is 14.5 Å². The van der Waals surface area contributed by atoms with Crippen molar-refractivity contribution in [2.45, 2.75) is 20.8 Å². The van der Waals surface area contributed by atoms with E-state index in [0.717, 1.165) is 38.8 Å². The summed E-state index contributed by atoms with van der Waals surface area (Å²) in [6.45, 7) is 6.18. The molecular formula is C27H23ClFNO3. The van der Waals surface area contributed by atoms with Crippen molar-refractivity contribution in [2.24, 2.45) is 0 Å². The highest BCUT2D eigenvalue weighted by atomic mass is 35.5. The lowest BCUT2D eigenvalue weighted by Crippen LogP contribution is -2.09. The average Bonchev–Trinajstić information content (AvgIpc) is 3.22. The first kappa shape index (κ1) is 22.6. The number of hydrogen-bond donors (Lipinski definition) is 1. The van der Waals surface area contributed by atoms with E-state index >= 15 is 0 Å². The molecule has 0 saturated heterocycles. The molecule has 0 fully saturated rings. The van der Waals surface area contributed by atoms with Crippen LogP contribution in [0.5, 0.6) is 5.75 Å². The number of allylic oxidation sites excluding steroid dienone is 1. The van der Waals surface area contributed by atoms with Gasteiger partial charge >= 0.3 is 0 Å². The molecule has 0 aliphatic heterocycles. The summed E-state index contributed by atoms with van der Waals surface area (Å²) in [5.74, 6) is -0.00350. The predicted octanol–water partition coefficient (Wildman–Crippen LogP) is 7.64. The second kappa shape index (κ2) is 9.51. The number of ether oxygens (including phenoxy) is 1. The Bertz CT molecular complexity index is 1340. The number of nitrogens with one attached hydrogen (secondary N) is 1. The molecule has 0 spiro atoms. The summed E-state index contributed by atoms with van der Waals surface area (Å²) in [5, 5.41) is 4.33. The summed E-state index contributed by atoms with van der Waals surface area (Å²) < 4.78 is 25.0. The molecule has 0 unspecified atom stereocenters. The molecule has 0 aliphatic rings. The molecule has 1 heterocycles. The molecule has 1 aromatic heterocycles. The van der Waals surface area contributed by atoms with Gasteiger partial charge in [0.25, 0.3) is 0 Å². The summed E-state index contributed by atoms with van der Waals surface area (Å²) >= 11 is 6.05. The molecule has 6 heteroatoms. The number of carbonyl (C=O) groups is 1. The summed E-state index contributed by atoms with van der Waals surface area (Å²) in [6.07, 6.45) is 3.23. The normalized spacial score (nSPS) is 11.6. The highest BCUT2D eigenvalue weighted by molar-refractivity contribution is 6.30. The quantitative estimate of drug-likeness (QED) is 0.299. The number of furan rings is 1. The Balaban J connectivity index is 1.77. The summed E-state index contributed by atoms with van der Waals surface area (Å²) in [6, 6.07) is 15.2. The Morgan fingerprint density at radius 3 is 2.52 bits per heavy atom. The number of benzene rings is 3. The number of halogens is 2. The lowest BCUT2D eigenvalue weighted by Gasteiger charge is -2.15. The zero-order chi connectivity index (χ0) is 23.5. The fourth-order valence-corrected chi connectivity index (χ4v) is 3.90. The van der Waals surface area contributed by atoms with Crippen molar-refractivity contribution in [3.8, 4) is 16.9 Å². The first-order chi connectivity index (χ1) is 15.9. The number of hydrogen-bond acceptors (Lipinski definition) is 3. The van der Waals surface area contributed by atoms with Crippen LogP contribution >= 0.6 is 11.6 Å². The number of amides is 1. The van der Waals surface area contributed by atoms with Gasteiger partial charge in [-0.15, -0.1) is 0 Å². The van der Waals surface area contributed by atoms with Crippen LogP contribution in [0.2, 0.25) is 5.02 Å². The Hall–Kier alpha value is -3.57. The first-order valence-corrected chi connectivity index (χ1v) is 10.9. The van der Waals surface area contributed by atoms with Crippen LogP contribution in [-0.2, 0) is 4.79 Å². The molecule has 0 saturated carbocycles. The summed E-state index contributed by atoms with van der Waals surface area (Å²) in [4.78, 5) is 12.6. The van der Waals surface area contributed by atoms with Gasteiger partial charge in [-0.05, 0) is 74.4 Å². The van der Waals surface area contributed by atoms with Gasteiger partial charge in [-0.25, -0.2) is 4.39 Å². The number of rotatable bonds is 6. The molecule has 1 N–H and O–H groups in total. The van der Waals surface area contributed by atoms with Crippen LogP contribution < -0.4 is 10.1 Å². The lowest BCUT2D eigenvalue weighted by molar-refractivity contribution is -0.111. The third kappa shape index (κ3) is 4.78. The van der Waals surface area contributed by atoms with Gasteiger partial charge in [-0.3, -0.25) is 4.79 Å². The van der Waals surface area contributed by atoms with E-state index in [0.29, 0.717) is 23.1 Å². The Morgan fingerprint density at radius 2 is 1.85 bits per heavy atom. The van der Waals surface area contributed by atoms with Gasteiger partial charge in [0.15, 0.2) is 0 Å². The first-order valence-electron chi connectivity index (χ1n) is 10.6. The molecule has 3 aromatic carbocycles. The van der Waals surface area contributed by atoms with E-state index in [4.69, 9.17) is 20.8 Å². The molecular weight excluding hydrogens is 441 g/mol. The number of anilines is 1. The van der Waals surface area contributed by atoms with Crippen LogP contribution in [0.4, 0.5) is 10.1 Å². The van der Waals surface area contributed by atoms with Crippen LogP contribution in [0.25, 0.3) is 27.7 Å². The molecule has 33 heavy (non-hydrogen) atoms.